The van der Waals surface area contributed by atoms with Gasteiger partial charge in [-0.15, -0.1) is 5.10 Å². The maximum atomic E-state index is 14.9. The van der Waals surface area contributed by atoms with Crippen LogP contribution in [0.15, 0.2) is 53.8 Å². The molecular weight excluding hydrogens is 401 g/mol. The zero-order chi connectivity index (χ0) is 21.4. The standard InChI is InChI=1S/C22H20FN5O3/c1-14-11-27(26-24-14)12-18-13-28(22(29)31-18)17-6-7-19(20(23)10-17)15-2-4-16(5-3-15)21-8-9-30-25-21/h2-7,10-11,18H,8-9,12-13H2,1H3/t18-/m0/s1. The molecule has 0 saturated carbocycles. The van der Waals surface area contributed by atoms with E-state index in [4.69, 9.17) is 9.57 Å². The molecule has 31 heavy (non-hydrogen) atoms. The van der Waals surface area contributed by atoms with Crippen LogP contribution in [0.3, 0.4) is 0 Å². The van der Waals surface area contributed by atoms with Gasteiger partial charge >= 0.3 is 6.09 Å². The third kappa shape index (κ3) is 3.86. The third-order valence-corrected chi connectivity index (χ3v) is 5.32. The molecule has 0 N–H and O–H groups in total. The van der Waals surface area contributed by atoms with E-state index in [1.807, 2.05) is 31.2 Å². The van der Waals surface area contributed by atoms with Gasteiger partial charge in [0.15, 0.2) is 0 Å². The first-order valence-electron chi connectivity index (χ1n) is 10.0. The van der Waals surface area contributed by atoms with Crippen molar-refractivity contribution < 1.29 is 18.8 Å². The quantitative estimate of drug-likeness (QED) is 0.629. The van der Waals surface area contributed by atoms with Crippen LogP contribution in [0, 0.1) is 12.7 Å². The van der Waals surface area contributed by atoms with Gasteiger partial charge in [0.2, 0.25) is 0 Å². The number of cyclic esters (lactones) is 1. The Bertz CT molecular complexity index is 1160. The van der Waals surface area contributed by atoms with Crippen molar-refractivity contribution in [3.8, 4) is 11.1 Å². The van der Waals surface area contributed by atoms with Gasteiger partial charge in [0.1, 0.15) is 18.5 Å². The number of carbonyl (C=O) groups is 1. The second-order valence-electron chi connectivity index (χ2n) is 7.56. The molecule has 1 atom stereocenters. The van der Waals surface area contributed by atoms with Gasteiger partial charge in [-0.1, -0.05) is 34.6 Å². The van der Waals surface area contributed by atoms with Crippen LogP contribution in [-0.2, 0) is 16.1 Å². The van der Waals surface area contributed by atoms with E-state index in [1.54, 1.807) is 23.0 Å². The summed E-state index contributed by atoms with van der Waals surface area (Å²) in [6, 6.07) is 12.3. The fourth-order valence-electron chi connectivity index (χ4n) is 3.78. The van der Waals surface area contributed by atoms with Gasteiger partial charge in [-0.05, 0) is 36.2 Å². The van der Waals surface area contributed by atoms with Gasteiger partial charge in [0, 0.05) is 18.2 Å². The summed E-state index contributed by atoms with van der Waals surface area (Å²) in [5.74, 6) is -0.407. The summed E-state index contributed by atoms with van der Waals surface area (Å²) in [6.07, 6.45) is 1.67. The summed E-state index contributed by atoms with van der Waals surface area (Å²) in [5, 5.41) is 11.9. The topological polar surface area (TPSA) is 81.8 Å². The normalized spacial score (nSPS) is 18.1. The van der Waals surface area contributed by atoms with Gasteiger partial charge in [-0.2, -0.15) is 0 Å². The summed E-state index contributed by atoms with van der Waals surface area (Å²) >= 11 is 0. The van der Waals surface area contributed by atoms with Gasteiger partial charge in [-0.25, -0.2) is 13.9 Å². The predicted octanol–water partition coefficient (Wildman–Crippen LogP) is 3.54. The van der Waals surface area contributed by atoms with Gasteiger partial charge in [0.25, 0.3) is 0 Å². The molecule has 9 heteroatoms. The molecular formula is C22H20FN5O3. The number of amides is 1. The monoisotopic (exact) mass is 421 g/mol. The maximum Gasteiger partial charge on any atom is 0.414 e. The molecule has 1 aromatic heterocycles. The van der Waals surface area contributed by atoms with Crippen molar-refractivity contribution in [3.05, 3.63) is 65.7 Å². The van der Waals surface area contributed by atoms with Crippen molar-refractivity contribution in [2.24, 2.45) is 5.16 Å². The average molecular weight is 421 g/mol. The smallest absolute Gasteiger partial charge is 0.414 e. The van der Waals surface area contributed by atoms with Crippen LogP contribution in [0.25, 0.3) is 11.1 Å². The molecule has 5 rings (SSSR count). The first kappa shape index (κ1) is 19.2. The Hall–Kier alpha value is -3.75. The summed E-state index contributed by atoms with van der Waals surface area (Å²) < 4.78 is 22.0. The number of oxime groups is 1. The number of carbonyl (C=O) groups excluding carboxylic acids is 1. The van der Waals surface area contributed by atoms with Crippen molar-refractivity contribution in [2.75, 3.05) is 18.1 Å². The number of hydrogen-bond acceptors (Lipinski definition) is 6. The fraction of sp³-hybridized carbons (Fsp3) is 0.273. The van der Waals surface area contributed by atoms with Crippen LogP contribution in [0.4, 0.5) is 14.9 Å². The number of nitrogens with zero attached hydrogens (tertiary/aromatic N) is 5. The highest BCUT2D eigenvalue weighted by atomic mass is 19.1. The molecule has 0 unspecified atom stereocenters. The molecule has 0 spiro atoms. The minimum Gasteiger partial charge on any atom is -0.442 e. The molecule has 2 aliphatic rings. The molecule has 0 aliphatic carbocycles. The van der Waals surface area contributed by atoms with Crippen molar-refractivity contribution in [1.82, 2.24) is 15.0 Å². The van der Waals surface area contributed by atoms with E-state index < -0.39 is 11.9 Å². The number of benzene rings is 2. The predicted molar refractivity (Wildman–Crippen MR) is 111 cm³/mol. The number of aryl methyl sites for hydroxylation is 1. The number of aromatic nitrogens is 3. The van der Waals surface area contributed by atoms with Crippen LogP contribution in [0.1, 0.15) is 17.7 Å². The molecule has 2 aliphatic heterocycles. The molecule has 1 amide bonds. The largest absolute Gasteiger partial charge is 0.442 e. The van der Waals surface area contributed by atoms with E-state index in [9.17, 15) is 9.18 Å². The Morgan fingerprint density at radius 3 is 2.65 bits per heavy atom. The molecule has 0 bridgehead atoms. The van der Waals surface area contributed by atoms with E-state index in [0.717, 1.165) is 29.0 Å². The Morgan fingerprint density at radius 2 is 1.97 bits per heavy atom. The van der Waals surface area contributed by atoms with E-state index >= 15 is 0 Å². The minimum absolute atomic E-state index is 0.315. The Morgan fingerprint density at radius 1 is 1.16 bits per heavy atom. The van der Waals surface area contributed by atoms with Crippen molar-refractivity contribution >= 4 is 17.5 Å². The van der Waals surface area contributed by atoms with Crippen LogP contribution in [0.2, 0.25) is 0 Å². The lowest BCUT2D eigenvalue weighted by Gasteiger charge is -2.14. The fourth-order valence-corrected chi connectivity index (χ4v) is 3.78. The number of ether oxygens (including phenoxy) is 1. The van der Waals surface area contributed by atoms with Crippen molar-refractivity contribution in [3.63, 3.8) is 0 Å². The maximum absolute atomic E-state index is 14.9. The number of rotatable bonds is 5. The summed E-state index contributed by atoms with van der Waals surface area (Å²) in [7, 11) is 0. The van der Waals surface area contributed by atoms with Crippen LogP contribution < -0.4 is 4.90 Å². The molecule has 3 aromatic rings. The Kier molecular flexibility index (Phi) is 4.85. The summed E-state index contributed by atoms with van der Waals surface area (Å²) in [5.41, 5.74) is 4.31. The second-order valence-corrected chi connectivity index (χ2v) is 7.56. The van der Waals surface area contributed by atoms with E-state index in [2.05, 4.69) is 15.5 Å². The zero-order valence-corrected chi connectivity index (χ0v) is 16.9. The lowest BCUT2D eigenvalue weighted by atomic mass is 10.0. The van der Waals surface area contributed by atoms with E-state index in [1.165, 1.54) is 11.0 Å². The molecule has 1 fully saturated rings. The van der Waals surface area contributed by atoms with Crippen LogP contribution >= 0.6 is 0 Å². The van der Waals surface area contributed by atoms with Crippen molar-refractivity contribution in [2.45, 2.75) is 26.0 Å². The molecule has 8 nitrogen and oxygen atoms in total. The zero-order valence-electron chi connectivity index (χ0n) is 16.9. The first-order chi connectivity index (χ1) is 15.1. The Balaban J connectivity index is 1.31. The van der Waals surface area contributed by atoms with Gasteiger partial charge in [-0.3, -0.25) is 4.90 Å². The van der Waals surface area contributed by atoms with E-state index in [-0.39, 0.29) is 6.10 Å². The summed E-state index contributed by atoms with van der Waals surface area (Å²) in [4.78, 5) is 18.8. The van der Waals surface area contributed by atoms with Gasteiger partial charge in [0.05, 0.1) is 30.2 Å². The molecule has 1 saturated heterocycles. The highest BCUT2D eigenvalue weighted by Crippen LogP contribution is 2.30. The SMILES string of the molecule is Cc1cn(C[C@H]2CN(c3ccc(-c4ccc(C5=NOCC5)cc4)c(F)c3)C(=O)O2)nn1. The third-order valence-electron chi connectivity index (χ3n) is 5.32. The Labute approximate surface area is 177 Å². The first-order valence-corrected chi connectivity index (χ1v) is 10.0. The highest BCUT2D eigenvalue weighted by molar-refractivity contribution is 6.01. The number of hydrogen-bond donors (Lipinski definition) is 0. The lowest BCUT2D eigenvalue weighted by molar-refractivity contribution is 0.129. The molecule has 3 heterocycles. The second kappa shape index (κ2) is 7.82. The number of halogens is 1. The van der Waals surface area contributed by atoms with Crippen LogP contribution in [-0.4, -0.2) is 46.1 Å². The lowest BCUT2D eigenvalue weighted by Crippen LogP contribution is -2.26. The van der Waals surface area contributed by atoms with Crippen LogP contribution in [0.5, 0.6) is 0 Å². The summed E-state index contributed by atoms with van der Waals surface area (Å²) in [6.45, 7) is 3.14. The van der Waals surface area contributed by atoms with Crippen molar-refractivity contribution in [1.29, 1.82) is 0 Å². The molecule has 2 aromatic carbocycles. The van der Waals surface area contributed by atoms with E-state index in [0.29, 0.717) is 30.9 Å². The number of anilines is 1. The molecule has 0 radical (unpaired) electrons. The average Bonchev–Trinajstić information content (AvgIpc) is 3.50. The molecule has 158 valence electrons. The van der Waals surface area contributed by atoms with Gasteiger partial charge < -0.3 is 9.57 Å². The minimum atomic E-state index is -0.502. The highest BCUT2D eigenvalue weighted by Gasteiger charge is 2.33.